The van der Waals surface area contributed by atoms with Crippen molar-refractivity contribution in [2.45, 2.75) is 33.2 Å². The molecule has 0 saturated heterocycles. The van der Waals surface area contributed by atoms with Crippen molar-refractivity contribution in [3.05, 3.63) is 59.7 Å². The summed E-state index contributed by atoms with van der Waals surface area (Å²) in [5, 5.41) is 5.77. The molecule has 3 amide bonds. The number of anilines is 2. The highest BCUT2D eigenvalue weighted by Crippen LogP contribution is 2.33. The largest absolute Gasteiger partial charge is 0.348 e. The van der Waals surface area contributed by atoms with Gasteiger partial charge < -0.3 is 15.5 Å². The van der Waals surface area contributed by atoms with Crippen molar-refractivity contribution >= 4 is 29.1 Å². The van der Waals surface area contributed by atoms with Gasteiger partial charge in [-0.2, -0.15) is 0 Å². The zero-order chi connectivity index (χ0) is 21.0. The predicted molar refractivity (Wildman–Crippen MR) is 114 cm³/mol. The highest BCUT2D eigenvalue weighted by molar-refractivity contribution is 6.05. The Balaban J connectivity index is 1.67. The van der Waals surface area contributed by atoms with Crippen molar-refractivity contribution in [3.8, 4) is 0 Å². The Morgan fingerprint density at radius 1 is 1.07 bits per heavy atom. The first-order valence-electron chi connectivity index (χ1n) is 9.91. The van der Waals surface area contributed by atoms with E-state index in [9.17, 15) is 14.4 Å². The minimum absolute atomic E-state index is 0.0523. The van der Waals surface area contributed by atoms with Crippen LogP contribution in [-0.2, 0) is 16.1 Å². The zero-order valence-corrected chi connectivity index (χ0v) is 17.1. The summed E-state index contributed by atoms with van der Waals surface area (Å²) in [7, 11) is 1.72. The fourth-order valence-corrected chi connectivity index (χ4v) is 3.00. The minimum atomic E-state index is -0.243. The van der Waals surface area contributed by atoms with Gasteiger partial charge in [-0.1, -0.05) is 38.1 Å². The topological polar surface area (TPSA) is 78.5 Å². The van der Waals surface area contributed by atoms with Gasteiger partial charge in [0.1, 0.15) is 0 Å². The molecule has 6 heteroatoms. The van der Waals surface area contributed by atoms with E-state index in [-0.39, 0.29) is 29.6 Å². The molecule has 2 aromatic carbocycles. The Kier molecular flexibility index (Phi) is 6.32. The molecule has 0 radical (unpaired) electrons. The maximum Gasteiger partial charge on any atom is 0.253 e. The molecule has 1 saturated carbocycles. The van der Waals surface area contributed by atoms with Crippen LogP contribution >= 0.6 is 0 Å². The average Bonchev–Trinajstić information content (AvgIpc) is 3.56. The van der Waals surface area contributed by atoms with Crippen molar-refractivity contribution in [1.29, 1.82) is 0 Å². The standard InChI is InChI=1S/C23H27N3O3/c1-15(2)21(27)25-18-8-6-7-16(13-18)14-24-22(28)19-9-4-5-10-20(19)26(3)23(29)17-11-12-17/h4-10,13,15,17H,11-12,14H2,1-3H3,(H,24,28)(H,25,27). The van der Waals surface area contributed by atoms with E-state index in [1.54, 1.807) is 30.1 Å². The van der Waals surface area contributed by atoms with Gasteiger partial charge in [-0.15, -0.1) is 0 Å². The van der Waals surface area contributed by atoms with Crippen LogP contribution in [0.5, 0.6) is 0 Å². The maximum absolute atomic E-state index is 12.8. The number of carbonyl (C=O) groups is 3. The highest BCUT2D eigenvalue weighted by Gasteiger charge is 2.33. The third-order valence-electron chi connectivity index (χ3n) is 4.94. The normalized spacial score (nSPS) is 13.1. The lowest BCUT2D eigenvalue weighted by atomic mass is 10.1. The number of para-hydroxylation sites is 1. The lowest BCUT2D eigenvalue weighted by Gasteiger charge is -2.20. The van der Waals surface area contributed by atoms with E-state index in [1.807, 2.05) is 44.2 Å². The number of amides is 3. The van der Waals surface area contributed by atoms with Crippen molar-refractivity contribution in [3.63, 3.8) is 0 Å². The van der Waals surface area contributed by atoms with Crippen molar-refractivity contribution in [2.24, 2.45) is 11.8 Å². The van der Waals surface area contributed by atoms with Gasteiger partial charge in [-0.05, 0) is 42.7 Å². The fraction of sp³-hybridized carbons (Fsp3) is 0.348. The summed E-state index contributed by atoms with van der Waals surface area (Å²) in [5.41, 5.74) is 2.65. The van der Waals surface area contributed by atoms with Crippen LogP contribution in [0.4, 0.5) is 11.4 Å². The van der Waals surface area contributed by atoms with Crippen LogP contribution < -0.4 is 15.5 Å². The third-order valence-corrected chi connectivity index (χ3v) is 4.94. The Morgan fingerprint density at radius 2 is 1.79 bits per heavy atom. The van der Waals surface area contributed by atoms with Crippen molar-refractivity contribution < 1.29 is 14.4 Å². The van der Waals surface area contributed by atoms with Crippen LogP contribution in [-0.4, -0.2) is 24.8 Å². The second-order valence-corrected chi connectivity index (χ2v) is 7.72. The molecule has 0 aromatic heterocycles. The fourth-order valence-electron chi connectivity index (χ4n) is 3.00. The molecule has 2 N–H and O–H groups in total. The van der Waals surface area contributed by atoms with E-state index in [4.69, 9.17) is 0 Å². The van der Waals surface area contributed by atoms with Gasteiger partial charge in [-0.25, -0.2) is 0 Å². The summed E-state index contributed by atoms with van der Waals surface area (Å²) >= 11 is 0. The molecule has 3 rings (SSSR count). The maximum atomic E-state index is 12.8. The third kappa shape index (κ3) is 5.22. The second-order valence-electron chi connectivity index (χ2n) is 7.72. The molecular formula is C23H27N3O3. The van der Waals surface area contributed by atoms with E-state index in [2.05, 4.69) is 10.6 Å². The summed E-state index contributed by atoms with van der Waals surface area (Å²) in [6.45, 7) is 3.99. The number of rotatable bonds is 7. The molecule has 0 unspecified atom stereocenters. The Labute approximate surface area is 171 Å². The lowest BCUT2D eigenvalue weighted by Crippen LogP contribution is -2.31. The predicted octanol–water partition coefficient (Wildman–Crippen LogP) is 3.58. The lowest BCUT2D eigenvalue weighted by molar-refractivity contribution is -0.120. The Bertz CT molecular complexity index is 919. The van der Waals surface area contributed by atoms with E-state index < -0.39 is 0 Å². The molecule has 1 aliphatic carbocycles. The van der Waals surface area contributed by atoms with Gasteiger partial charge in [0.05, 0.1) is 11.3 Å². The number of nitrogens with zero attached hydrogens (tertiary/aromatic N) is 1. The van der Waals surface area contributed by atoms with Gasteiger partial charge in [0.2, 0.25) is 11.8 Å². The number of benzene rings is 2. The summed E-state index contributed by atoms with van der Waals surface area (Å²) in [4.78, 5) is 38.6. The second kappa shape index (κ2) is 8.90. The highest BCUT2D eigenvalue weighted by atomic mass is 16.2. The van der Waals surface area contributed by atoms with E-state index in [0.29, 0.717) is 23.5 Å². The van der Waals surface area contributed by atoms with Crippen LogP contribution in [0.2, 0.25) is 0 Å². The summed E-state index contributed by atoms with van der Waals surface area (Å²) in [6.07, 6.45) is 1.84. The number of hydrogen-bond donors (Lipinski definition) is 2. The Morgan fingerprint density at radius 3 is 2.48 bits per heavy atom. The van der Waals surface area contributed by atoms with Crippen LogP contribution in [0.3, 0.4) is 0 Å². The zero-order valence-electron chi connectivity index (χ0n) is 17.1. The molecule has 6 nitrogen and oxygen atoms in total. The van der Waals surface area contributed by atoms with E-state index >= 15 is 0 Å². The smallest absolute Gasteiger partial charge is 0.253 e. The molecular weight excluding hydrogens is 366 g/mol. The summed E-state index contributed by atoms with van der Waals surface area (Å²) < 4.78 is 0. The molecule has 1 fully saturated rings. The summed E-state index contributed by atoms with van der Waals surface area (Å²) in [6, 6.07) is 14.5. The van der Waals surface area contributed by atoms with Crippen LogP contribution in [0.25, 0.3) is 0 Å². The molecule has 0 aliphatic heterocycles. The molecule has 0 bridgehead atoms. The van der Waals surface area contributed by atoms with Crippen LogP contribution in [0.15, 0.2) is 48.5 Å². The van der Waals surface area contributed by atoms with Crippen LogP contribution in [0, 0.1) is 11.8 Å². The molecule has 2 aromatic rings. The van der Waals surface area contributed by atoms with Gasteiger partial charge >= 0.3 is 0 Å². The molecule has 0 spiro atoms. The van der Waals surface area contributed by atoms with E-state index in [0.717, 1.165) is 18.4 Å². The molecule has 1 aliphatic rings. The van der Waals surface area contributed by atoms with Crippen molar-refractivity contribution in [2.75, 3.05) is 17.3 Å². The summed E-state index contributed by atoms with van der Waals surface area (Å²) in [5.74, 6) is -0.264. The molecule has 0 atom stereocenters. The van der Waals surface area contributed by atoms with Crippen LogP contribution in [0.1, 0.15) is 42.6 Å². The van der Waals surface area contributed by atoms with Gasteiger partial charge in [-0.3, -0.25) is 14.4 Å². The minimum Gasteiger partial charge on any atom is -0.348 e. The Hall–Kier alpha value is -3.15. The number of hydrogen-bond acceptors (Lipinski definition) is 3. The molecule has 0 heterocycles. The molecule has 152 valence electrons. The van der Waals surface area contributed by atoms with Gasteiger partial charge in [0.15, 0.2) is 0 Å². The van der Waals surface area contributed by atoms with Gasteiger partial charge in [0, 0.05) is 31.1 Å². The SMILES string of the molecule is CC(C)C(=O)Nc1cccc(CNC(=O)c2ccccc2N(C)C(=O)C2CC2)c1. The van der Waals surface area contributed by atoms with E-state index in [1.165, 1.54) is 0 Å². The number of nitrogens with one attached hydrogen (secondary N) is 2. The monoisotopic (exact) mass is 393 g/mol. The first-order valence-corrected chi connectivity index (χ1v) is 9.91. The number of carbonyl (C=O) groups excluding carboxylic acids is 3. The first-order chi connectivity index (χ1) is 13.9. The molecule has 29 heavy (non-hydrogen) atoms. The van der Waals surface area contributed by atoms with Gasteiger partial charge in [0.25, 0.3) is 5.91 Å². The quantitative estimate of drug-likeness (QED) is 0.755. The first kappa shape index (κ1) is 20.6. The van der Waals surface area contributed by atoms with Crippen molar-refractivity contribution in [1.82, 2.24) is 5.32 Å². The average molecular weight is 393 g/mol.